The zero-order valence-electron chi connectivity index (χ0n) is 8.62. The summed E-state index contributed by atoms with van der Waals surface area (Å²) in [6, 6.07) is 4.84. The lowest BCUT2D eigenvalue weighted by Crippen LogP contribution is -2.10. The van der Waals surface area contributed by atoms with Gasteiger partial charge in [0, 0.05) is 12.4 Å². The third-order valence-electron chi connectivity index (χ3n) is 2.02. The number of hydrogen-bond donors (Lipinski definition) is 1. The van der Waals surface area contributed by atoms with Crippen LogP contribution in [-0.2, 0) is 4.74 Å². The Morgan fingerprint density at radius 3 is 2.94 bits per heavy atom. The van der Waals surface area contributed by atoms with E-state index in [1.165, 1.54) is 17.9 Å². The Morgan fingerprint density at radius 2 is 2.31 bits per heavy atom. The third kappa shape index (κ3) is 1.72. The number of pyridine rings is 1. The van der Waals surface area contributed by atoms with Gasteiger partial charge in [-0.05, 0) is 18.2 Å². The summed E-state index contributed by atoms with van der Waals surface area (Å²) in [5, 5.41) is 4.00. The van der Waals surface area contributed by atoms with Crippen molar-refractivity contribution in [3.8, 4) is 5.82 Å². The molecule has 0 unspecified atom stereocenters. The van der Waals surface area contributed by atoms with Crippen molar-refractivity contribution in [2.75, 3.05) is 12.8 Å². The van der Waals surface area contributed by atoms with Crippen molar-refractivity contribution in [3.05, 3.63) is 36.3 Å². The minimum atomic E-state index is -0.506. The first kappa shape index (κ1) is 10.2. The predicted octanol–water partition coefficient (Wildman–Crippen LogP) is 0.636. The van der Waals surface area contributed by atoms with Gasteiger partial charge in [0.25, 0.3) is 0 Å². The van der Waals surface area contributed by atoms with E-state index in [1.54, 1.807) is 24.5 Å². The van der Waals surface area contributed by atoms with Crippen LogP contribution in [0.1, 0.15) is 10.5 Å². The molecule has 0 bridgehead atoms. The molecule has 2 N–H and O–H groups in total. The maximum absolute atomic E-state index is 11.3. The lowest BCUT2D eigenvalue weighted by Gasteiger charge is -2.06. The number of methoxy groups -OCH3 is 1. The Bertz CT molecular complexity index is 508. The van der Waals surface area contributed by atoms with Crippen LogP contribution in [0.2, 0.25) is 0 Å². The van der Waals surface area contributed by atoms with Crippen LogP contribution >= 0.6 is 0 Å². The molecule has 2 aromatic heterocycles. The van der Waals surface area contributed by atoms with Crippen LogP contribution in [-0.4, -0.2) is 27.8 Å². The second-order valence-corrected chi connectivity index (χ2v) is 3.05. The van der Waals surface area contributed by atoms with E-state index in [0.717, 1.165) is 0 Å². The summed E-state index contributed by atoms with van der Waals surface area (Å²) in [5.41, 5.74) is 6.38. The van der Waals surface area contributed by atoms with Gasteiger partial charge in [-0.1, -0.05) is 0 Å². The van der Waals surface area contributed by atoms with Gasteiger partial charge in [0.1, 0.15) is 0 Å². The van der Waals surface area contributed by atoms with Crippen molar-refractivity contribution in [2.45, 2.75) is 0 Å². The fourth-order valence-corrected chi connectivity index (χ4v) is 1.26. The maximum Gasteiger partial charge on any atom is 0.356 e. The highest BCUT2D eigenvalue weighted by atomic mass is 16.5. The first-order chi connectivity index (χ1) is 7.72. The molecule has 16 heavy (non-hydrogen) atoms. The van der Waals surface area contributed by atoms with E-state index in [1.807, 2.05) is 0 Å². The standard InChI is InChI=1S/C10H10N4O2/c1-16-10(15)8-4-3-7(11)9(13-8)14-6-2-5-12-14/h2-6H,11H2,1H3. The van der Waals surface area contributed by atoms with Crippen LogP contribution in [0.3, 0.4) is 0 Å². The van der Waals surface area contributed by atoms with Gasteiger partial charge >= 0.3 is 5.97 Å². The minimum absolute atomic E-state index is 0.196. The van der Waals surface area contributed by atoms with Gasteiger partial charge in [0.15, 0.2) is 11.5 Å². The smallest absolute Gasteiger partial charge is 0.356 e. The minimum Gasteiger partial charge on any atom is -0.464 e. The number of esters is 1. The van der Waals surface area contributed by atoms with Crippen molar-refractivity contribution in [1.82, 2.24) is 14.8 Å². The average Bonchev–Trinajstić information content (AvgIpc) is 2.82. The van der Waals surface area contributed by atoms with Gasteiger partial charge < -0.3 is 10.5 Å². The van der Waals surface area contributed by atoms with Crippen molar-refractivity contribution < 1.29 is 9.53 Å². The molecule has 0 spiro atoms. The van der Waals surface area contributed by atoms with Gasteiger partial charge in [-0.25, -0.2) is 14.5 Å². The average molecular weight is 218 g/mol. The van der Waals surface area contributed by atoms with Gasteiger partial charge in [0.2, 0.25) is 0 Å². The fraction of sp³-hybridized carbons (Fsp3) is 0.100. The number of ether oxygens (including phenoxy) is 1. The lowest BCUT2D eigenvalue weighted by atomic mass is 10.3. The van der Waals surface area contributed by atoms with Gasteiger partial charge in [0.05, 0.1) is 12.8 Å². The molecular weight excluding hydrogens is 208 g/mol. The second kappa shape index (κ2) is 4.01. The first-order valence-electron chi connectivity index (χ1n) is 4.57. The normalized spacial score (nSPS) is 10.1. The second-order valence-electron chi connectivity index (χ2n) is 3.05. The van der Waals surface area contributed by atoms with E-state index < -0.39 is 5.97 Å². The molecule has 2 aromatic rings. The first-order valence-corrected chi connectivity index (χ1v) is 4.57. The topological polar surface area (TPSA) is 83.0 Å². The molecule has 0 radical (unpaired) electrons. The quantitative estimate of drug-likeness (QED) is 0.748. The number of nitrogen functional groups attached to an aromatic ring is 1. The van der Waals surface area contributed by atoms with Crippen LogP contribution in [0.25, 0.3) is 5.82 Å². The number of aromatic nitrogens is 3. The molecule has 82 valence electrons. The number of hydrogen-bond acceptors (Lipinski definition) is 5. The zero-order chi connectivity index (χ0) is 11.5. The monoisotopic (exact) mass is 218 g/mol. The van der Waals surface area contributed by atoms with Crippen LogP contribution in [0, 0.1) is 0 Å². The molecule has 0 aromatic carbocycles. The van der Waals surface area contributed by atoms with Crippen molar-refractivity contribution in [1.29, 1.82) is 0 Å². The van der Waals surface area contributed by atoms with Crippen molar-refractivity contribution in [2.24, 2.45) is 0 Å². The summed E-state index contributed by atoms with van der Waals surface area (Å²) in [5.74, 6) is -0.0960. The Balaban J connectivity index is 2.49. The number of rotatable bonds is 2. The molecule has 2 heterocycles. The Kier molecular flexibility index (Phi) is 2.55. The summed E-state index contributed by atoms with van der Waals surface area (Å²) in [6.45, 7) is 0. The van der Waals surface area contributed by atoms with Crippen molar-refractivity contribution >= 4 is 11.7 Å². The SMILES string of the molecule is COC(=O)c1ccc(N)c(-n2cccn2)n1. The van der Waals surface area contributed by atoms with E-state index in [9.17, 15) is 4.79 Å². The van der Waals surface area contributed by atoms with Gasteiger partial charge in [-0.3, -0.25) is 0 Å². The van der Waals surface area contributed by atoms with Crippen molar-refractivity contribution in [3.63, 3.8) is 0 Å². The largest absolute Gasteiger partial charge is 0.464 e. The summed E-state index contributed by atoms with van der Waals surface area (Å²) in [7, 11) is 1.30. The summed E-state index contributed by atoms with van der Waals surface area (Å²) in [6.07, 6.45) is 3.30. The van der Waals surface area contributed by atoms with E-state index in [0.29, 0.717) is 11.5 Å². The number of nitrogens with two attached hydrogens (primary N) is 1. The molecule has 2 rings (SSSR count). The molecule has 0 aliphatic carbocycles. The highest BCUT2D eigenvalue weighted by Crippen LogP contribution is 2.14. The van der Waals surface area contributed by atoms with Gasteiger partial charge in [-0.2, -0.15) is 5.10 Å². The molecule has 0 aliphatic rings. The summed E-state index contributed by atoms with van der Waals surface area (Å²) in [4.78, 5) is 15.4. The van der Waals surface area contributed by atoms with E-state index in [-0.39, 0.29) is 5.69 Å². The van der Waals surface area contributed by atoms with E-state index >= 15 is 0 Å². The maximum atomic E-state index is 11.3. The highest BCUT2D eigenvalue weighted by molar-refractivity contribution is 5.87. The third-order valence-corrected chi connectivity index (χ3v) is 2.02. The van der Waals surface area contributed by atoms with Gasteiger partial charge in [-0.15, -0.1) is 0 Å². The number of carbonyl (C=O) groups excluding carboxylic acids is 1. The van der Waals surface area contributed by atoms with Crippen LogP contribution in [0.4, 0.5) is 5.69 Å². The summed E-state index contributed by atoms with van der Waals surface area (Å²) >= 11 is 0. The lowest BCUT2D eigenvalue weighted by molar-refractivity contribution is 0.0594. The molecule has 0 saturated heterocycles. The van der Waals surface area contributed by atoms with Crippen LogP contribution in [0.5, 0.6) is 0 Å². The fourth-order valence-electron chi connectivity index (χ4n) is 1.26. The highest BCUT2D eigenvalue weighted by Gasteiger charge is 2.11. The molecule has 6 heteroatoms. The Hall–Kier alpha value is -2.37. The molecule has 0 atom stereocenters. The zero-order valence-corrected chi connectivity index (χ0v) is 8.62. The van der Waals surface area contributed by atoms with Crippen LogP contribution in [0.15, 0.2) is 30.6 Å². The molecule has 0 amide bonds. The van der Waals surface area contributed by atoms with E-state index in [2.05, 4.69) is 14.8 Å². The molecule has 0 saturated carbocycles. The summed E-state index contributed by atoms with van der Waals surface area (Å²) < 4.78 is 6.06. The number of carbonyl (C=O) groups is 1. The molecule has 6 nitrogen and oxygen atoms in total. The predicted molar refractivity (Wildman–Crippen MR) is 57.1 cm³/mol. The van der Waals surface area contributed by atoms with Crippen LogP contribution < -0.4 is 5.73 Å². The molecular formula is C10H10N4O2. The van der Waals surface area contributed by atoms with E-state index in [4.69, 9.17) is 5.73 Å². The Morgan fingerprint density at radius 1 is 1.50 bits per heavy atom. The Labute approximate surface area is 91.7 Å². The molecule has 0 aliphatic heterocycles. The molecule has 0 fully saturated rings. The number of nitrogens with zero attached hydrogens (tertiary/aromatic N) is 3. The number of anilines is 1.